The van der Waals surface area contributed by atoms with E-state index < -0.39 is 10.0 Å². The van der Waals surface area contributed by atoms with Crippen molar-refractivity contribution in [3.63, 3.8) is 0 Å². The van der Waals surface area contributed by atoms with Crippen molar-refractivity contribution in [3.8, 4) is 11.5 Å². The second-order valence-corrected chi connectivity index (χ2v) is 11.6. The molecule has 170 valence electrons. The van der Waals surface area contributed by atoms with Crippen LogP contribution in [0.5, 0.6) is 11.5 Å². The summed E-state index contributed by atoms with van der Waals surface area (Å²) >= 11 is 1.23. The summed E-state index contributed by atoms with van der Waals surface area (Å²) in [6.07, 6.45) is 1.75. The number of sulfonamides is 1. The average molecular weight is 468 g/mol. The molecule has 1 aromatic heterocycles. The Labute approximate surface area is 187 Å². The lowest BCUT2D eigenvalue weighted by molar-refractivity contribution is -0.120. The molecule has 1 unspecified atom stereocenters. The molecule has 0 radical (unpaired) electrons. The van der Waals surface area contributed by atoms with Crippen LogP contribution >= 0.6 is 11.3 Å². The van der Waals surface area contributed by atoms with Crippen LogP contribution in [0.2, 0.25) is 0 Å². The van der Waals surface area contributed by atoms with Crippen molar-refractivity contribution in [3.05, 3.63) is 41.3 Å². The molecular formula is C22H29NO6S2. The van der Waals surface area contributed by atoms with Crippen LogP contribution in [-0.2, 0) is 26.0 Å². The zero-order valence-electron chi connectivity index (χ0n) is 17.9. The van der Waals surface area contributed by atoms with Crippen molar-refractivity contribution in [1.82, 2.24) is 4.31 Å². The van der Waals surface area contributed by atoms with Crippen LogP contribution in [0.25, 0.3) is 0 Å². The normalized spacial score (nSPS) is 20.5. The number of hydrogen-bond donors (Lipinski definition) is 0. The molecule has 3 heterocycles. The van der Waals surface area contributed by atoms with Gasteiger partial charge in [0.15, 0.2) is 11.5 Å². The van der Waals surface area contributed by atoms with Gasteiger partial charge in [0.05, 0.1) is 33.0 Å². The van der Waals surface area contributed by atoms with Crippen LogP contribution in [0.15, 0.2) is 39.9 Å². The smallest absolute Gasteiger partial charge is 0.252 e. The van der Waals surface area contributed by atoms with Gasteiger partial charge in [-0.25, -0.2) is 8.42 Å². The number of rotatable bonds is 10. The summed E-state index contributed by atoms with van der Waals surface area (Å²) in [5.74, 6) is 1.23. The number of ether oxygens (including phenoxy) is 4. The Morgan fingerprint density at radius 1 is 1.26 bits per heavy atom. The van der Waals surface area contributed by atoms with Gasteiger partial charge in [0.1, 0.15) is 4.21 Å². The van der Waals surface area contributed by atoms with Crippen LogP contribution in [0.1, 0.15) is 25.3 Å². The van der Waals surface area contributed by atoms with Crippen molar-refractivity contribution in [2.24, 2.45) is 5.41 Å². The molecule has 2 saturated heterocycles. The molecule has 4 rings (SSSR count). The Morgan fingerprint density at radius 2 is 2.10 bits per heavy atom. The predicted octanol–water partition coefficient (Wildman–Crippen LogP) is 3.54. The van der Waals surface area contributed by atoms with Gasteiger partial charge in [-0.1, -0.05) is 19.1 Å². The van der Waals surface area contributed by atoms with Gasteiger partial charge in [-0.15, -0.1) is 11.3 Å². The maximum atomic E-state index is 13.3. The summed E-state index contributed by atoms with van der Waals surface area (Å²) in [4.78, 5) is 0. The van der Waals surface area contributed by atoms with Gasteiger partial charge in [0.2, 0.25) is 0 Å². The molecule has 7 nitrogen and oxygen atoms in total. The first-order valence-corrected chi connectivity index (χ1v) is 12.7. The summed E-state index contributed by atoms with van der Waals surface area (Å²) in [6, 6.07) is 8.98. The van der Waals surface area contributed by atoms with Gasteiger partial charge in [-0.05, 0) is 42.0 Å². The van der Waals surface area contributed by atoms with E-state index in [-0.39, 0.29) is 18.1 Å². The summed E-state index contributed by atoms with van der Waals surface area (Å²) in [5, 5.41) is 1.78. The topological polar surface area (TPSA) is 74.3 Å². The highest BCUT2D eigenvalue weighted by atomic mass is 32.2. The van der Waals surface area contributed by atoms with E-state index in [9.17, 15) is 8.42 Å². The Morgan fingerprint density at radius 3 is 2.71 bits per heavy atom. The fourth-order valence-electron chi connectivity index (χ4n) is 3.72. The first-order chi connectivity index (χ1) is 14.9. The quantitative estimate of drug-likeness (QED) is 0.532. The third-order valence-corrected chi connectivity index (χ3v) is 8.77. The SMILES string of the molecule is COc1ccc(CN(CC2CCCO2)S(=O)(=O)c2cccs2)cc1OCC1(C)COC1. The zero-order chi connectivity index (χ0) is 21.9. The van der Waals surface area contributed by atoms with E-state index in [0.29, 0.717) is 48.7 Å². The first kappa shape index (κ1) is 22.5. The van der Waals surface area contributed by atoms with Crippen molar-refractivity contribution >= 4 is 21.4 Å². The predicted molar refractivity (Wildman–Crippen MR) is 118 cm³/mol. The van der Waals surface area contributed by atoms with Gasteiger partial charge >= 0.3 is 0 Å². The minimum absolute atomic E-state index is 0.00459. The van der Waals surface area contributed by atoms with Crippen molar-refractivity contribution < 1.29 is 27.4 Å². The highest BCUT2D eigenvalue weighted by Crippen LogP contribution is 2.33. The molecule has 31 heavy (non-hydrogen) atoms. The molecule has 0 N–H and O–H groups in total. The third kappa shape index (κ3) is 5.23. The van der Waals surface area contributed by atoms with Crippen LogP contribution in [0.4, 0.5) is 0 Å². The van der Waals surface area contributed by atoms with Gasteiger partial charge in [-0.2, -0.15) is 4.31 Å². The Balaban J connectivity index is 1.55. The number of nitrogens with zero attached hydrogens (tertiary/aromatic N) is 1. The Kier molecular flexibility index (Phi) is 6.88. The van der Waals surface area contributed by atoms with Gasteiger partial charge in [-0.3, -0.25) is 0 Å². The molecule has 0 amide bonds. The van der Waals surface area contributed by atoms with Gasteiger partial charge < -0.3 is 18.9 Å². The first-order valence-electron chi connectivity index (χ1n) is 10.4. The summed E-state index contributed by atoms with van der Waals surface area (Å²) in [7, 11) is -2.02. The summed E-state index contributed by atoms with van der Waals surface area (Å²) in [5.41, 5.74) is 0.832. The number of hydrogen-bond acceptors (Lipinski definition) is 7. The second kappa shape index (κ2) is 9.46. The van der Waals surface area contributed by atoms with E-state index in [1.54, 1.807) is 24.6 Å². The lowest BCUT2D eigenvalue weighted by Crippen LogP contribution is -2.44. The van der Waals surface area contributed by atoms with E-state index in [2.05, 4.69) is 6.92 Å². The third-order valence-electron chi connectivity index (χ3n) is 5.58. The molecule has 0 spiro atoms. The molecule has 9 heteroatoms. The Hall–Kier alpha value is -1.65. The molecule has 1 aromatic carbocycles. The number of benzene rings is 1. The molecule has 2 fully saturated rings. The molecule has 2 aliphatic heterocycles. The van der Waals surface area contributed by atoms with Crippen molar-refractivity contribution in [2.75, 3.05) is 40.1 Å². The molecule has 0 aliphatic carbocycles. The monoisotopic (exact) mass is 467 g/mol. The summed E-state index contributed by atoms with van der Waals surface area (Å²) < 4.78 is 51.0. The maximum absolute atomic E-state index is 13.3. The highest BCUT2D eigenvalue weighted by molar-refractivity contribution is 7.91. The van der Waals surface area contributed by atoms with Crippen molar-refractivity contribution in [1.29, 1.82) is 0 Å². The number of thiophene rings is 1. The van der Waals surface area contributed by atoms with Gasteiger partial charge in [0.25, 0.3) is 10.0 Å². The van der Waals surface area contributed by atoms with E-state index in [1.165, 1.54) is 15.6 Å². The van der Waals surface area contributed by atoms with E-state index >= 15 is 0 Å². The average Bonchev–Trinajstić information content (AvgIpc) is 3.45. The van der Waals surface area contributed by atoms with Crippen LogP contribution in [-0.4, -0.2) is 58.9 Å². The zero-order valence-corrected chi connectivity index (χ0v) is 19.5. The van der Waals surface area contributed by atoms with E-state index in [1.807, 2.05) is 18.2 Å². The van der Waals surface area contributed by atoms with Crippen LogP contribution < -0.4 is 9.47 Å². The maximum Gasteiger partial charge on any atom is 0.252 e. The fraction of sp³-hybridized carbons (Fsp3) is 0.545. The van der Waals surface area contributed by atoms with E-state index in [0.717, 1.165) is 18.4 Å². The summed E-state index contributed by atoms with van der Waals surface area (Å²) in [6.45, 7) is 5.22. The van der Waals surface area contributed by atoms with Crippen LogP contribution in [0, 0.1) is 5.41 Å². The Bertz CT molecular complexity index is 966. The minimum atomic E-state index is -3.62. The minimum Gasteiger partial charge on any atom is -0.493 e. The largest absolute Gasteiger partial charge is 0.493 e. The lowest BCUT2D eigenvalue weighted by Gasteiger charge is -2.37. The molecule has 2 aromatic rings. The fourth-order valence-corrected chi connectivity index (χ4v) is 6.33. The molecular weight excluding hydrogens is 438 g/mol. The van der Waals surface area contributed by atoms with Gasteiger partial charge in [0, 0.05) is 25.1 Å². The van der Waals surface area contributed by atoms with Crippen molar-refractivity contribution in [2.45, 2.75) is 36.6 Å². The molecule has 0 bridgehead atoms. The number of methoxy groups -OCH3 is 1. The standard InChI is InChI=1S/C22H29NO6S2/c1-22(14-27-15-22)16-29-20-11-17(7-8-19(20)26-2)12-23(13-18-5-3-9-28-18)31(24,25)21-6-4-10-30-21/h4,6-8,10-11,18H,3,5,9,12-16H2,1-2H3. The second-order valence-electron chi connectivity index (χ2n) is 8.44. The molecule has 1 atom stereocenters. The highest BCUT2D eigenvalue weighted by Gasteiger charge is 2.35. The molecule has 2 aliphatic rings. The van der Waals surface area contributed by atoms with Crippen LogP contribution in [0.3, 0.4) is 0 Å². The lowest BCUT2D eigenvalue weighted by atomic mass is 9.90. The molecule has 0 saturated carbocycles. The van der Waals surface area contributed by atoms with E-state index in [4.69, 9.17) is 18.9 Å².